The zero-order valence-corrected chi connectivity index (χ0v) is 10.4. The van der Waals surface area contributed by atoms with Crippen LogP contribution in [0.15, 0.2) is 53.6 Å². The molecule has 0 saturated carbocycles. The second-order valence-corrected chi connectivity index (χ2v) is 5.61. The summed E-state index contributed by atoms with van der Waals surface area (Å²) in [5, 5.41) is 16.0. The third-order valence-electron chi connectivity index (χ3n) is 2.54. The van der Waals surface area contributed by atoms with Crippen LogP contribution in [0.25, 0.3) is 0 Å². The second kappa shape index (κ2) is 5.31. The van der Waals surface area contributed by atoms with Crippen LogP contribution >= 0.6 is 10.5 Å². The SMILES string of the molecule is CN([O-])C1=CS(C(N)c2ccccc2)=CC=C1. The first-order chi connectivity index (χ1) is 8.18. The van der Waals surface area contributed by atoms with Gasteiger partial charge in [-0.2, -0.15) is 0 Å². The van der Waals surface area contributed by atoms with E-state index >= 15 is 0 Å². The number of hydrogen-bond acceptors (Lipinski definition) is 3. The van der Waals surface area contributed by atoms with E-state index < -0.39 is 0 Å². The topological polar surface area (TPSA) is 52.3 Å². The van der Waals surface area contributed by atoms with E-state index in [1.54, 1.807) is 6.08 Å². The van der Waals surface area contributed by atoms with Gasteiger partial charge in [-0.1, -0.05) is 36.4 Å². The molecule has 0 radical (unpaired) electrons. The Kier molecular flexibility index (Phi) is 3.78. The van der Waals surface area contributed by atoms with E-state index in [1.165, 1.54) is 7.05 Å². The predicted molar refractivity (Wildman–Crippen MR) is 75.4 cm³/mol. The molecule has 0 fully saturated rings. The first-order valence-corrected chi connectivity index (χ1v) is 6.75. The fourth-order valence-corrected chi connectivity index (χ4v) is 3.22. The third-order valence-corrected chi connectivity index (χ3v) is 4.39. The van der Waals surface area contributed by atoms with Crippen molar-refractivity contribution in [2.45, 2.75) is 5.37 Å². The summed E-state index contributed by atoms with van der Waals surface area (Å²) >= 11 is 0. The first kappa shape index (κ1) is 12.1. The van der Waals surface area contributed by atoms with Crippen molar-refractivity contribution in [3.05, 3.63) is 64.4 Å². The number of hydrogen-bond donors (Lipinski definition) is 1. The minimum Gasteiger partial charge on any atom is -0.758 e. The maximum atomic E-state index is 11.3. The summed E-state index contributed by atoms with van der Waals surface area (Å²) in [6.07, 6.45) is 3.70. The van der Waals surface area contributed by atoms with Gasteiger partial charge in [0.15, 0.2) is 0 Å². The summed E-state index contributed by atoms with van der Waals surface area (Å²) < 4.78 is 0. The minimum absolute atomic E-state index is 0.0869. The van der Waals surface area contributed by atoms with E-state index in [1.807, 2.05) is 47.2 Å². The monoisotopic (exact) mass is 247 g/mol. The van der Waals surface area contributed by atoms with Crippen molar-refractivity contribution in [3.8, 4) is 0 Å². The third kappa shape index (κ3) is 2.85. The van der Waals surface area contributed by atoms with E-state index in [0.717, 1.165) is 10.6 Å². The Morgan fingerprint density at radius 2 is 2.00 bits per heavy atom. The number of benzene rings is 1. The summed E-state index contributed by atoms with van der Waals surface area (Å²) in [5.74, 6) is 0. The number of hydroxylamine groups is 2. The van der Waals surface area contributed by atoms with Gasteiger partial charge < -0.3 is 16.0 Å². The fraction of sp³-hybridized carbons (Fsp3) is 0.154. The van der Waals surface area contributed by atoms with E-state index in [2.05, 4.69) is 0 Å². The van der Waals surface area contributed by atoms with Crippen LogP contribution in [0.1, 0.15) is 10.9 Å². The highest BCUT2D eigenvalue weighted by Crippen LogP contribution is 2.34. The van der Waals surface area contributed by atoms with Crippen molar-refractivity contribution >= 4 is 15.9 Å². The molecule has 0 aliphatic carbocycles. The van der Waals surface area contributed by atoms with Gasteiger partial charge in [0.25, 0.3) is 0 Å². The molecule has 3 nitrogen and oxygen atoms in total. The molecule has 0 aromatic heterocycles. The van der Waals surface area contributed by atoms with Gasteiger partial charge in [-0.3, -0.25) is 0 Å². The van der Waals surface area contributed by atoms with Crippen LogP contribution in [-0.4, -0.2) is 17.5 Å². The lowest BCUT2D eigenvalue weighted by Crippen LogP contribution is -2.12. The molecule has 1 heterocycles. The smallest absolute Gasteiger partial charge is 0.0753 e. The summed E-state index contributed by atoms with van der Waals surface area (Å²) in [4.78, 5) is 0. The summed E-state index contributed by atoms with van der Waals surface area (Å²) in [7, 11) is 1.27. The van der Waals surface area contributed by atoms with Crippen molar-refractivity contribution in [1.29, 1.82) is 0 Å². The quantitative estimate of drug-likeness (QED) is 0.659. The molecular weight excluding hydrogens is 232 g/mol. The number of allylic oxidation sites excluding steroid dienone is 2. The molecule has 1 aliphatic heterocycles. The Bertz CT molecular complexity index is 477. The van der Waals surface area contributed by atoms with E-state index in [9.17, 15) is 5.21 Å². The molecule has 4 heteroatoms. The second-order valence-electron chi connectivity index (χ2n) is 3.77. The normalized spacial score (nSPS) is 20.4. The van der Waals surface area contributed by atoms with Gasteiger partial charge in [0.2, 0.25) is 0 Å². The number of nitrogens with zero attached hydrogens (tertiary/aromatic N) is 1. The van der Waals surface area contributed by atoms with Gasteiger partial charge in [0, 0.05) is 5.70 Å². The molecule has 2 N–H and O–H groups in total. The summed E-state index contributed by atoms with van der Waals surface area (Å²) in [6, 6.07) is 9.94. The first-order valence-electron chi connectivity index (χ1n) is 5.34. The standard InChI is InChI=1S/C13H15N2OS/c1-15(16)12-8-5-9-17(10-12)13(14)11-6-3-2-4-7-11/h2-10,13H,14H2,1H3/q-1. The van der Waals surface area contributed by atoms with E-state index in [0.29, 0.717) is 5.70 Å². The molecule has 90 valence electrons. The highest BCUT2D eigenvalue weighted by atomic mass is 32.2. The summed E-state index contributed by atoms with van der Waals surface area (Å²) in [5.41, 5.74) is 7.97. The zero-order valence-electron chi connectivity index (χ0n) is 9.61. The molecule has 2 rings (SSSR count). The summed E-state index contributed by atoms with van der Waals surface area (Å²) in [6.45, 7) is 0. The largest absolute Gasteiger partial charge is 0.758 e. The van der Waals surface area contributed by atoms with Gasteiger partial charge in [-0.05, 0) is 29.5 Å². The average Bonchev–Trinajstić information content (AvgIpc) is 2.39. The van der Waals surface area contributed by atoms with Crippen LogP contribution in [0.2, 0.25) is 0 Å². The van der Waals surface area contributed by atoms with Gasteiger partial charge in [0.05, 0.1) is 5.37 Å². The van der Waals surface area contributed by atoms with Crippen LogP contribution in [0.4, 0.5) is 0 Å². The molecule has 1 aromatic carbocycles. The Hall–Kier alpha value is -1.36. The molecule has 1 aliphatic rings. The molecular formula is C13H15N2OS-. The zero-order chi connectivity index (χ0) is 12.3. The molecule has 2 atom stereocenters. The van der Waals surface area contributed by atoms with Crippen molar-refractivity contribution in [1.82, 2.24) is 5.06 Å². The Balaban J connectivity index is 2.25. The van der Waals surface area contributed by atoms with Gasteiger partial charge in [0.1, 0.15) is 0 Å². The van der Waals surface area contributed by atoms with Crippen LogP contribution in [0.5, 0.6) is 0 Å². The predicted octanol–water partition coefficient (Wildman–Crippen LogP) is 2.56. The van der Waals surface area contributed by atoms with Crippen LogP contribution < -0.4 is 5.73 Å². The Morgan fingerprint density at radius 3 is 2.65 bits per heavy atom. The maximum Gasteiger partial charge on any atom is 0.0753 e. The minimum atomic E-state index is -0.229. The molecule has 0 spiro atoms. The van der Waals surface area contributed by atoms with Crippen molar-refractivity contribution in [3.63, 3.8) is 0 Å². The fourth-order valence-electron chi connectivity index (χ4n) is 1.58. The highest BCUT2D eigenvalue weighted by Gasteiger charge is 2.10. The Morgan fingerprint density at radius 1 is 1.29 bits per heavy atom. The molecule has 17 heavy (non-hydrogen) atoms. The molecule has 0 amide bonds. The van der Waals surface area contributed by atoms with Crippen LogP contribution in [0, 0.1) is 5.21 Å². The van der Waals surface area contributed by atoms with Crippen molar-refractivity contribution in [2.24, 2.45) is 5.73 Å². The highest BCUT2D eigenvalue weighted by molar-refractivity contribution is 8.17. The molecule has 1 aromatic rings. The number of likely N-dealkylation sites (N-methyl/N-ethyl adjacent to an activating group) is 1. The van der Waals surface area contributed by atoms with Crippen LogP contribution in [-0.2, 0) is 0 Å². The molecule has 0 bridgehead atoms. The van der Waals surface area contributed by atoms with E-state index in [4.69, 9.17) is 5.73 Å². The lowest BCUT2D eigenvalue weighted by atomic mass is 10.2. The van der Waals surface area contributed by atoms with Crippen molar-refractivity contribution < 1.29 is 0 Å². The Labute approximate surface area is 104 Å². The van der Waals surface area contributed by atoms with Gasteiger partial charge >= 0.3 is 0 Å². The van der Waals surface area contributed by atoms with Crippen molar-refractivity contribution in [2.75, 3.05) is 7.05 Å². The number of rotatable bonds is 3. The molecule has 2 unspecified atom stereocenters. The van der Waals surface area contributed by atoms with E-state index in [-0.39, 0.29) is 15.9 Å². The lowest BCUT2D eigenvalue weighted by Gasteiger charge is -2.28. The molecule has 0 saturated heterocycles. The van der Waals surface area contributed by atoms with Gasteiger partial charge in [-0.15, -0.1) is 10.5 Å². The number of nitrogens with two attached hydrogens (primary N) is 1. The van der Waals surface area contributed by atoms with Gasteiger partial charge in [-0.25, -0.2) is 0 Å². The maximum absolute atomic E-state index is 11.3. The average molecular weight is 247 g/mol. The van der Waals surface area contributed by atoms with Crippen LogP contribution in [0.3, 0.4) is 0 Å². The lowest BCUT2D eigenvalue weighted by molar-refractivity contribution is 0.594.